The third-order valence-electron chi connectivity index (χ3n) is 7.08. The van der Waals surface area contributed by atoms with Crippen molar-refractivity contribution >= 4 is 27.9 Å². The lowest BCUT2D eigenvalue weighted by Crippen LogP contribution is -2.26. The number of aromatic carboxylic acids is 1. The van der Waals surface area contributed by atoms with Gasteiger partial charge in [0.25, 0.3) is 5.92 Å². The molecule has 0 fully saturated rings. The Labute approximate surface area is 205 Å². The summed E-state index contributed by atoms with van der Waals surface area (Å²) in [5.74, 6) is -3.08. The minimum absolute atomic E-state index is 0.129. The minimum atomic E-state index is -2.71. The van der Waals surface area contributed by atoms with E-state index in [0.29, 0.717) is 36.4 Å². The standard InChI is InChI=1S/C28H24F2N4O2/c1-2-33-23-7-5-18(12-20(23)21-14-28(29,30)10-9-24(21)33)26-32-22-13-19(27(35)36)6-8-25(22)34(26)16-17-4-3-11-31-15-17/h3-8,11-13,15H,2,9-10,14,16H2,1H3,(H,35,36). The number of benzene rings is 2. The van der Waals surface area contributed by atoms with Crippen LogP contribution in [-0.2, 0) is 25.9 Å². The number of fused-ring (bicyclic) bond motifs is 4. The maximum absolute atomic E-state index is 14.4. The molecule has 3 heterocycles. The van der Waals surface area contributed by atoms with E-state index in [-0.39, 0.29) is 18.4 Å². The van der Waals surface area contributed by atoms with Crippen LogP contribution in [0.2, 0.25) is 0 Å². The first kappa shape index (κ1) is 22.4. The van der Waals surface area contributed by atoms with Crippen LogP contribution in [0, 0.1) is 0 Å². The summed E-state index contributed by atoms with van der Waals surface area (Å²) in [6.07, 6.45) is 3.46. The number of aromatic nitrogens is 4. The minimum Gasteiger partial charge on any atom is -0.478 e. The molecule has 0 saturated heterocycles. The van der Waals surface area contributed by atoms with Crippen LogP contribution in [0.4, 0.5) is 8.78 Å². The number of carbonyl (C=O) groups is 1. The Hall–Kier alpha value is -4.07. The van der Waals surface area contributed by atoms with Crippen molar-refractivity contribution < 1.29 is 18.7 Å². The Kier molecular flexibility index (Phi) is 5.14. The summed E-state index contributed by atoms with van der Waals surface area (Å²) in [5, 5.41) is 10.3. The Bertz CT molecular complexity index is 1640. The van der Waals surface area contributed by atoms with Crippen molar-refractivity contribution in [2.75, 3.05) is 0 Å². The van der Waals surface area contributed by atoms with Crippen molar-refractivity contribution in [1.29, 1.82) is 0 Å². The molecule has 0 aliphatic heterocycles. The van der Waals surface area contributed by atoms with Gasteiger partial charge < -0.3 is 14.2 Å². The molecule has 0 amide bonds. The van der Waals surface area contributed by atoms with Gasteiger partial charge in [-0.15, -0.1) is 0 Å². The van der Waals surface area contributed by atoms with Gasteiger partial charge in [0.05, 0.1) is 23.1 Å². The molecule has 8 heteroatoms. The lowest BCUT2D eigenvalue weighted by molar-refractivity contribution is -0.0125. The van der Waals surface area contributed by atoms with Gasteiger partial charge in [-0.25, -0.2) is 18.6 Å². The summed E-state index contributed by atoms with van der Waals surface area (Å²) in [4.78, 5) is 20.6. The number of carboxylic acid groups (broad SMARTS) is 1. The molecule has 0 bridgehead atoms. The van der Waals surface area contributed by atoms with Crippen LogP contribution >= 0.6 is 0 Å². The highest BCUT2D eigenvalue weighted by Gasteiger charge is 2.37. The SMILES string of the molecule is CCn1c2c(c3cc(-c4nc5cc(C(=O)O)ccc5n4Cc4cccnc4)ccc31)CC(F)(F)CC2. The predicted molar refractivity (Wildman–Crippen MR) is 134 cm³/mol. The summed E-state index contributed by atoms with van der Waals surface area (Å²) in [6, 6.07) is 14.6. The monoisotopic (exact) mass is 486 g/mol. The Morgan fingerprint density at radius 3 is 2.69 bits per heavy atom. The fraction of sp³-hybridized carbons (Fsp3) is 0.250. The van der Waals surface area contributed by atoms with Crippen molar-refractivity contribution in [3.63, 3.8) is 0 Å². The van der Waals surface area contributed by atoms with E-state index in [4.69, 9.17) is 4.98 Å². The smallest absolute Gasteiger partial charge is 0.335 e. The third-order valence-corrected chi connectivity index (χ3v) is 7.08. The number of rotatable bonds is 5. The molecule has 36 heavy (non-hydrogen) atoms. The van der Waals surface area contributed by atoms with Gasteiger partial charge in [0.2, 0.25) is 0 Å². The van der Waals surface area contributed by atoms with Crippen LogP contribution < -0.4 is 0 Å². The molecule has 182 valence electrons. The first-order chi connectivity index (χ1) is 17.3. The van der Waals surface area contributed by atoms with Gasteiger partial charge in [0, 0.05) is 53.9 Å². The van der Waals surface area contributed by atoms with Crippen molar-refractivity contribution in [2.45, 2.75) is 45.2 Å². The number of hydrogen-bond acceptors (Lipinski definition) is 3. The van der Waals surface area contributed by atoms with Gasteiger partial charge in [-0.1, -0.05) is 6.07 Å². The van der Waals surface area contributed by atoms with E-state index >= 15 is 0 Å². The predicted octanol–water partition coefficient (Wildman–Crippen LogP) is 5.94. The van der Waals surface area contributed by atoms with E-state index < -0.39 is 11.9 Å². The van der Waals surface area contributed by atoms with Gasteiger partial charge in [0.1, 0.15) is 5.82 Å². The first-order valence-corrected chi connectivity index (χ1v) is 12.0. The molecule has 5 aromatic rings. The average molecular weight is 487 g/mol. The molecule has 1 aliphatic carbocycles. The van der Waals surface area contributed by atoms with Crippen LogP contribution in [-0.4, -0.2) is 36.1 Å². The zero-order chi connectivity index (χ0) is 25.0. The Morgan fingerprint density at radius 1 is 1.11 bits per heavy atom. The fourth-order valence-electron chi connectivity index (χ4n) is 5.43. The van der Waals surface area contributed by atoms with Gasteiger partial charge >= 0.3 is 5.97 Å². The molecular formula is C28H24F2N4O2. The molecule has 0 spiro atoms. The van der Waals surface area contributed by atoms with E-state index in [1.807, 2.05) is 41.8 Å². The highest BCUT2D eigenvalue weighted by molar-refractivity contribution is 5.94. The second-order valence-electron chi connectivity index (χ2n) is 9.33. The molecule has 2 aromatic carbocycles. The number of hydrogen-bond donors (Lipinski definition) is 1. The van der Waals surface area contributed by atoms with E-state index in [0.717, 1.165) is 33.2 Å². The zero-order valence-electron chi connectivity index (χ0n) is 19.7. The summed E-state index contributed by atoms with van der Waals surface area (Å²) in [7, 11) is 0. The summed E-state index contributed by atoms with van der Waals surface area (Å²) >= 11 is 0. The largest absolute Gasteiger partial charge is 0.478 e. The molecule has 0 atom stereocenters. The van der Waals surface area contributed by atoms with Crippen LogP contribution in [0.5, 0.6) is 0 Å². The molecule has 6 nitrogen and oxygen atoms in total. The zero-order valence-corrected chi connectivity index (χ0v) is 19.7. The molecular weight excluding hydrogens is 462 g/mol. The van der Waals surface area contributed by atoms with Gasteiger partial charge in [-0.2, -0.15) is 0 Å². The summed E-state index contributed by atoms with van der Waals surface area (Å²) in [5.41, 5.74) is 5.93. The molecule has 0 radical (unpaired) electrons. The molecule has 3 aromatic heterocycles. The van der Waals surface area contributed by atoms with Crippen LogP contribution in [0.15, 0.2) is 60.9 Å². The maximum Gasteiger partial charge on any atom is 0.335 e. The second kappa shape index (κ2) is 8.26. The van der Waals surface area contributed by atoms with E-state index in [2.05, 4.69) is 9.55 Å². The lowest BCUT2D eigenvalue weighted by atomic mass is 9.92. The number of aryl methyl sites for hydroxylation is 1. The lowest BCUT2D eigenvalue weighted by Gasteiger charge is -2.23. The number of pyridine rings is 1. The van der Waals surface area contributed by atoms with Gasteiger partial charge in [-0.3, -0.25) is 4.98 Å². The number of alkyl halides is 2. The highest BCUT2D eigenvalue weighted by atomic mass is 19.3. The second-order valence-corrected chi connectivity index (χ2v) is 9.33. The van der Waals surface area contributed by atoms with E-state index in [9.17, 15) is 18.7 Å². The molecule has 6 rings (SSSR count). The van der Waals surface area contributed by atoms with Crippen LogP contribution in [0.25, 0.3) is 33.3 Å². The van der Waals surface area contributed by atoms with Crippen molar-refractivity contribution in [2.24, 2.45) is 0 Å². The van der Waals surface area contributed by atoms with E-state index in [1.165, 1.54) is 0 Å². The van der Waals surface area contributed by atoms with Crippen LogP contribution in [0.3, 0.4) is 0 Å². The number of nitrogens with zero attached hydrogens (tertiary/aromatic N) is 4. The molecule has 0 unspecified atom stereocenters. The molecule has 0 saturated carbocycles. The summed E-state index contributed by atoms with van der Waals surface area (Å²) < 4.78 is 33.0. The van der Waals surface area contributed by atoms with E-state index in [1.54, 1.807) is 30.6 Å². The Balaban J connectivity index is 1.57. The number of halogens is 2. The maximum atomic E-state index is 14.4. The van der Waals surface area contributed by atoms with Crippen molar-refractivity contribution in [3.8, 4) is 11.4 Å². The van der Waals surface area contributed by atoms with Gasteiger partial charge in [0.15, 0.2) is 0 Å². The average Bonchev–Trinajstić information content (AvgIpc) is 3.38. The highest BCUT2D eigenvalue weighted by Crippen LogP contribution is 2.40. The summed E-state index contributed by atoms with van der Waals surface area (Å²) in [6.45, 7) is 3.23. The normalized spacial score (nSPS) is 14.9. The molecule has 1 N–H and O–H groups in total. The van der Waals surface area contributed by atoms with Crippen molar-refractivity contribution in [1.82, 2.24) is 19.1 Å². The fourth-order valence-corrected chi connectivity index (χ4v) is 5.43. The third kappa shape index (κ3) is 3.64. The molecule has 1 aliphatic rings. The van der Waals surface area contributed by atoms with Crippen LogP contribution in [0.1, 0.15) is 40.5 Å². The quantitative estimate of drug-likeness (QED) is 0.334. The number of carboxylic acids is 1. The first-order valence-electron chi connectivity index (χ1n) is 12.0. The van der Waals surface area contributed by atoms with Gasteiger partial charge in [-0.05, 0) is 66.9 Å². The Morgan fingerprint density at radius 2 is 1.94 bits per heavy atom. The number of imidazole rings is 1. The van der Waals surface area contributed by atoms with Crippen molar-refractivity contribution in [3.05, 3.63) is 83.3 Å². The topological polar surface area (TPSA) is 72.9 Å².